The average Bonchev–Trinajstić information content (AvgIpc) is 2.91. The van der Waals surface area contributed by atoms with E-state index in [1.807, 2.05) is 0 Å². The third kappa shape index (κ3) is 5.57. The standard InChI is InChI=1S/C17H27N3O4S.ClH/c1-24-16-8-7-14(13-15(16)17(21)19-10-6-9-18)25(22,23)20-11-4-2-3-5-12-20;/h7-8,13H,2-6,9-12,18H2,1H3,(H,19,21);1H. The zero-order valence-corrected chi connectivity index (χ0v) is 16.7. The Morgan fingerprint density at radius 3 is 2.46 bits per heavy atom. The molecule has 1 amide bonds. The molecule has 148 valence electrons. The van der Waals surface area contributed by atoms with Gasteiger partial charge in [0.05, 0.1) is 17.6 Å². The first kappa shape index (κ1) is 22.7. The number of rotatable bonds is 7. The predicted molar refractivity (Wildman–Crippen MR) is 103 cm³/mol. The molecule has 2 rings (SSSR count). The van der Waals surface area contributed by atoms with Crippen molar-refractivity contribution in [3.8, 4) is 5.75 Å². The first-order valence-electron chi connectivity index (χ1n) is 8.67. The van der Waals surface area contributed by atoms with Crippen LogP contribution in [0.5, 0.6) is 5.75 Å². The number of hydrogen-bond donors (Lipinski definition) is 2. The molecule has 0 unspecified atom stereocenters. The summed E-state index contributed by atoms with van der Waals surface area (Å²) in [5.74, 6) is -0.0155. The van der Waals surface area contributed by atoms with Crippen LogP contribution in [0.4, 0.5) is 0 Å². The van der Waals surface area contributed by atoms with Crippen molar-refractivity contribution in [3.63, 3.8) is 0 Å². The highest BCUT2D eigenvalue weighted by Crippen LogP contribution is 2.26. The van der Waals surface area contributed by atoms with Crippen molar-refractivity contribution >= 4 is 28.3 Å². The quantitative estimate of drug-likeness (QED) is 0.673. The van der Waals surface area contributed by atoms with E-state index in [-0.39, 0.29) is 28.8 Å². The third-order valence-corrected chi connectivity index (χ3v) is 6.18. The fraction of sp³-hybridized carbons (Fsp3) is 0.588. The van der Waals surface area contributed by atoms with Crippen molar-refractivity contribution in [2.24, 2.45) is 5.73 Å². The van der Waals surface area contributed by atoms with E-state index < -0.39 is 10.0 Å². The van der Waals surface area contributed by atoms with Gasteiger partial charge in [0.15, 0.2) is 0 Å². The Bertz CT molecular complexity index is 689. The molecular formula is C17H28ClN3O4S. The van der Waals surface area contributed by atoms with Crippen molar-refractivity contribution in [1.29, 1.82) is 0 Å². The topological polar surface area (TPSA) is 102 Å². The van der Waals surface area contributed by atoms with Gasteiger partial charge in [0.25, 0.3) is 5.91 Å². The summed E-state index contributed by atoms with van der Waals surface area (Å²) >= 11 is 0. The van der Waals surface area contributed by atoms with Crippen molar-refractivity contribution in [2.75, 3.05) is 33.3 Å². The Balaban J connectivity index is 0.00000338. The fourth-order valence-electron chi connectivity index (χ4n) is 2.86. The number of methoxy groups -OCH3 is 1. The van der Waals surface area contributed by atoms with Gasteiger partial charge in [-0.15, -0.1) is 12.4 Å². The summed E-state index contributed by atoms with van der Waals surface area (Å²) in [5.41, 5.74) is 5.64. The summed E-state index contributed by atoms with van der Waals surface area (Å²) in [6.07, 6.45) is 4.47. The van der Waals surface area contributed by atoms with Crippen LogP contribution in [0, 0.1) is 0 Å². The number of ether oxygens (including phenoxy) is 1. The van der Waals surface area contributed by atoms with E-state index in [2.05, 4.69) is 5.32 Å². The zero-order chi connectivity index (χ0) is 18.3. The summed E-state index contributed by atoms with van der Waals surface area (Å²) in [7, 11) is -2.16. The lowest BCUT2D eigenvalue weighted by molar-refractivity contribution is 0.0950. The maximum atomic E-state index is 12.9. The summed E-state index contributed by atoms with van der Waals surface area (Å²) in [4.78, 5) is 12.5. The lowest BCUT2D eigenvalue weighted by Crippen LogP contribution is -2.32. The van der Waals surface area contributed by atoms with Crippen LogP contribution in [-0.4, -0.2) is 51.9 Å². The molecule has 0 atom stereocenters. The van der Waals surface area contributed by atoms with Gasteiger partial charge >= 0.3 is 0 Å². The van der Waals surface area contributed by atoms with Gasteiger partial charge in [0.1, 0.15) is 5.75 Å². The third-order valence-electron chi connectivity index (χ3n) is 4.28. The van der Waals surface area contributed by atoms with Crippen molar-refractivity contribution in [3.05, 3.63) is 23.8 Å². The maximum absolute atomic E-state index is 12.9. The molecule has 9 heteroatoms. The maximum Gasteiger partial charge on any atom is 0.255 e. The number of nitrogens with one attached hydrogen (secondary N) is 1. The number of hydrogen-bond acceptors (Lipinski definition) is 5. The zero-order valence-electron chi connectivity index (χ0n) is 15.1. The average molecular weight is 406 g/mol. The Labute approximate surface area is 161 Å². The second-order valence-corrected chi connectivity index (χ2v) is 8.02. The van der Waals surface area contributed by atoms with Gasteiger partial charge in [-0.3, -0.25) is 4.79 Å². The molecular weight excluding hydrogens is 378 g/mol. The highest BCUT2D eigenvalue weighted by atomic mass is 35.5. The normalized spacial score (nSPS) is 15.6. The molecule has 1 aliphatic heterocycles. The number of nitrogens with two attached hydrogens (primary N) is 1. The minimum Gasteiger partial charge on any atom is -0.496 e. The number of carbonyl (C=O) groups is 1. The predicted octanol–water partition coefficient (Wildman–Crippen LogP) is 1.76. The van der Waals surface area contributed by atoms with Gasteiger partial charge in [-0.05, 0) is 44.0 Å². The fourth-order valence-corrected chi connectivity index (χ4v) is 4.40. The molecule has 3 N–H and O–H groups in total. The van der Waals surface area contributed by atoms with Crippen molar-refractivity contribution < 1.29 is 17.9 Å². The summed E-state index contributed by atoms with van der Waals surface area (Å²) in [6, 6.07) is 4.43. The molecule has 7 nitrogen and oxygen atoms in total. The van der Waals surface area contributed by atoms with Crippen LogP contribution < -0.4 is 15.8 Å². The number of sulfonamides is 1. The van der Waals surface area contributed by atoms with Crippen molar-refractivity contribution in [2.45, 2.75) is 37.0 Å². The van der Waals surface area contributed by atoms with Crippen LogP contribution >= 0.6 is 12.4 Å². The summed E-state index contributed by atoms with van der Waals surface area (Å²) in [5, 5.41) is 2.74. The second kappa shape index (κ2) is 10.7. The second-order valence-electron chi connectivity index (χ2n) is 6.08. The van der Waals surface area contributed by atoms with Crippen LogP contribution in [0.3, 0.4) is 0 Å². The molecule has 1 aliphatic rings. The monoisotopic (exact) mass is 405 g/mol. The van der Waals surface area contributed by atoms with Crippen LogP contribution in [0.15, 0.2) is 23.1 Å². The number of nitrogens with zero attached hydrogens (tertiary/aromatic N) is 1. The van der Waals surface area contributed by atoms with Crippen molar-refractivity contribution in [1.82, 2.24) is 9.62 Å². The Kier molecular flexibility index (Phi) is 9.35. The molecule has 1 aromatic carbocycles. The van der Waals surface area contributed by atoms with E-state index >= 15 is 0 Å². The molecule has 1 aromatic rings. The molecule has 1 saturated heterocycles. The lowest BCUT2D eigenvalue weighted by Gasteiger charge is -2.20. The molecule has 26 heavy (non-hydrogen) atoms. The highest BCUT2D eigenvalue weighted by molar-refractivity contribution is 7.89. The number of carbonyl (C=O) groups excluding carboxylic acids is 1. The number of benzene rings is 1. The van der Waals surface area contributed by atoms with Crippen LogP contribution in [-0.2, 0) is 10.0 Å². The van der Waals surface area contributed by atoms with Gasteiger partial charge in [-0.25, -0.2) is 8.42 Å². The molecule has 0 bridgehead atoms. The molecule has 0 radical (unpaired) electrons. The van der Waals surface area contributed by atoms with Crippen LogP contribution in [0.1, 0.15) is 42.5 Å². The molecule has 0 spiro atoms. The van der Waals surface area contributed by atoms with E-state index in [1.165, 1.54) is 29.6 Å². The van der Waals surface area contributed by atoms with Gasteiger partial charge in [0, 0.05) is 19.6 Å². The Hall–Kier alpha value is -1.35. The largest absolute Gasteiger partial charge is 0.496 e. The molecule has 0 aromatic heterocycles. The van der Waals surface area contributed by atoms with Gasteiger partial charge in [0.2, 0.25) is 10.0 Å². The Morgan fingerprint density at radius 1 is 1.23 bits per heavy atom. The van der Waals surface area contributed by atoms with E-state index in [0.717, 1.165) is 25.7 Å². The number of halogens is 1. The smallest absolute Gasteiger partial charge is 0.255 e. The van der Waals surface area contributed by atoms with Crippen LogP contribution in [0.25, 0.3) is 0 Å². The minimum absolute atomic E-state index is 0. The van der Waals surface area contributed by atoms with E-state index in [0.29, 0.717) is 38.3 Å². The van der Waals surface area contributed by atoms with Gasteiger partial charge < -0.3 is 15.8 Å². The minimum atomic E-state index is -3.61. The summed E-state index contributed by atoms with van der Waals surface area (Å²) in [6.45, 7) is 1.95. The van der Waals surface area contributed by atoms with Gasteiger partial charge in [-0.2, -0.15) is 4.31 Å². The molecule has 0 saturated carbocycles. The molecule has 0 aliphatic carbocycles. The van der Waals surface area contributed by atoms with E-state index in [1.54, 1.807) is 0 Å². The number of amides is 1. The first-order chi connectivity index (χ1) is 12.0. The highest BCUT2D eigenvalue weighted by Gasteiger charge is 2.27. The van der Waals surface area contributed by atoms with E-state index in [4.69, 9.17) is 10.5 Å². The lowest BCUT2D eigenvalue weighted by atomic mass is 10.2. The molecule has 1 heterocycles. The SMILES string of the molecule is COc1ccc(S(=O)(=O)N2CCCCCC2)cc1C(=O)NCCCN.Cl. The summed E-state index contributed by atoms with van der Waals surface area (Å²) < 4.78 is 32.5. The van der Waals surface area contributed by atoms with Crippen LogP contribution in [0.2, 0.25) is 0 Å². The van der Waals surface area contributed by atoms with Gasteiger partial charge in [-0.1, -0.05) is 12.8 Å². The first-order valence-corrected chi connectivity index (χ1v) is 10.1. The van der Waals surface area contributed by atoms with E-state index in [9.17, 15) is 13.2 Å². The Morgan fingerprint density at radius 2 is 1.88 bits per heavy atom. The molecule has 1 fully saturated rings.